The molecule has 0 unspecified atom stereocenters. The van der Waals surface area contributed by atoms with Crippen molar-refractivity contribution in [3.63, 3.8) is 0 Å². The van der Waals surface area contributed by atoms with Gasteiger partial charge in [0.05, 0.1) is 34.7 Å². The van der Waals surface area contributed by atoms with Gasteiger partial charge in [-0.25, -0.2) is 8.42 Å². The van der Waals surface area contributed by atoms with E-state index in [4.69, 9.17) is 21.8 Å². The third-order valence-electron chi connectivity index (χ3n) is 4.57. The number of nitrogens with zero attached hydrogens (tertiary/aromatic N) is 6. The van der Waals surface area contributed by atoms with Crippen molar-refractivity contribution in [2.24, 2.45) is 5.28 Å². The summed E-state index contributed by atoms with van der Waals surface area (Å²) in [6, 6.07) is 5.97. The smallest absolute Gasteiger partial charge is 0.327 e. The van der Waals surface area contributed by atoms with E-state index >= 15 is 0 Å². The lowest BCUT2D eigenvalue weighted by molar-refractivity contribution is -0.707. The molecule has 0 aliphatic carbocycles. The number of halogens is 1. The molecule has 0 spiro atoms. The van der Waals surface area contributed by atoms with Crippen molar-refractivity contribution < 1.29 is 23.2 Å². The molecule has 2 aliphatic rings. The van der Waals surface area contributed by atoms with Crippen LogP contribution in [-0.2, 0) is 14.9 Å². The molecule has 30 heavy (non-hydrogen) atoms. The number of benzene rings is 1. The molecule has 0 saturated carbocycles. The molecule has 156 valence electrons. The first-order valence-electron chi connectivity index (χ1n) is 8.83. The number of piperazine rings is 1. The van der Waals surface area contributed by atoms with Crippen molar-refractivity contribution in [2.45, 2.75) is 4.90 Å². The monoisotopic (exact) mass is 449 g/mol. The summed E-state index contributed by atoms with van der Waals surface area (Å²) in [5, 5.41) is 26.5. The Hall–Kier alpha value is -3.09. The minimum absolute atomic E-state index is 0.0481. The highest BCUT2D eigenvalue weighted by Crippen LogP contribution is 2.23. The Morgan fingerprint density at radius 1 is 1.17 bits per heavy atom. The van der Waals surface area contributed by atoms with Gasteiger partial charge >= 0.3 is 11.6 Å². The number of hydrogen-bond donors (Lipinski definition) is 1. The van der Waals surface area contributed by atoms with Gasteiger partial charge in [-0.3, -0.25) is 20.2 Å². The highest BCUT2D eigenvalue weighted by Gasteiger charge is 2.41. The van der Waals surface area contributed by atoms with Crippen LogP contribution in [0, 0.1) is 5.41 Å². The molecular formula is C17H16ClN7O4S. The zero-order valence-electron chi connectivity index (χ0n) is 15.5. The summed E-state index contributed by atoms with van der Waals surface area (Å²) in [7, 11) is -3.68. The molecule has 4 rings (SSSR count). The molecule has 1 saturated heterocycles. The molecule has 1 fully saturated rings. The van der Waals surface area contributed by atoms with Crippen molar-refractivity contribution in [2.75, 3.05) is 26.2 Å². The summed E-state index contributed by atoms with van der Waals surface area (Å²) in [5.41, 5.74) is -0.0589. The Morgan fingerprint density at radius 3 is 2.50 bits per heavy atom. The molecule has 1 aromatic heterocycles. The van der Waals surface area contributed by atoms with E-state index < -0.39 is 21.7 Å². The van der Waals surface area contributed by atoms with Gasteiger partial charge in [-0.05, 0) is 24.3 Å². The molecule has 0 amide bonds. The Morgan fingerprint density at radius 2 is 1.87 bits per heavy atom. The van der Waals surface area contributed by atoms with Crippen LogP contribution in [0.4, 0.5) is 0 Å². The van der Waals surface area contributed by atoms with E-state index in [1.165, 1.54) is 52.0 Å². The van der Waals surface area contributed by atoms with Gasteiger partial charge in [0.25, 0.3) is 0 Å². The van der Waals surface area contributed by atoms with E-state index in [-0.39, 0.29) is 42.5 Å². The molecule has 1 aromatic carbocycles. The minimum Gasteiger partial charge on any atom is -0.866 e. The first-order chi connectivity index (χ1) is 14.4. The van der Waals surface area contributed by atoms with Crippen molar-refractivity contribution in [3.8, 4) is 0 Å². The van der Waals surface area contributed by atoms with Gasteiger partial charge in [-0.1, -0.05) is 11.6 Å². The van der Waals surface area contributed by atoms with E-state index in [1.54, 1.807) is 5.01 Å². The van der Waals surface area contributed by atoms with Gasteiger partial charge in [0, 0.05) is 36.3 Å². The lowest BCUT2D eigenvalue weighted by atomic mass is 10.3. The second kappa shape index (κ2) is 7.97. The van der Waals surface area contributed by atoms with E-state index in [9.17, 15) is 13.5 Å². The summed E-state index contributed by atoms with van der Waals surface area (Å²) in [6.45, 7) is 0.808. The van der Waals surface area contributed by atoms with Crippen LogP contribution in [0.2, 0.25) is 5.02 Å². The van der Waals surface area contributed by atoms with Gasteiger partial charge < -0.3 is 5.11 Å². The predicted octanol–water partition coefficient (Wildman–Crippen LogP) is 0.468. The van der Waals surface area contributed by atoms with Crippen LogP contribution in [-0.4, -0.2) is 64.6 Å². The van der Waals surface area contributed by atoms with Crippen LogP contribution >= 0.6 is 11.6 Å². The van der Waals surface area contributed by atoms with E-state index in [0.29, 0.717) is 5.02 Å². The zero-order valence-corrected chi connectivity index (χ0v) is 17.0. The maximum absolute atomic E-state index is 12.8. The minimum atomic E-state index is -3.68. The summed E-state index contributed by atoms with van der Waals surface area (Å²) in [4.78, 5) is 14.0. The lowest BCUT2D eigenvalue weighted by Gasteiger charge is -2.30. The molecule has 13 heteroatoms. The van der Waals surface area contributed by atoms with Crippen molar-refractivity contribution in [1.29, 1.82) is 5.41 Å². The highest BCUT2D eigenvalue weighted by atomic mass is 35.5. The van der Waals surface area contributed by atoms with Crippen LogP contribution in [0.1, 0.15) is 5.69 Å². The van der Waals surface area contributed by atoms with Crippen molar-refractivity contribution in [1.82, 2.24) is 19.3 Å². The molecule has 2 aliphatic heterocycles. The normalized spacial score (nSPS) is 19.4. The summed E-state index contributed by atoms with van der Waals surface area (Å²) in [5.74, 6) is -0.979. The number of nitrogens with one attached hydrogen (secondary N) is 1. The van der Waals surface area contributed by atoms with Crippen LogP contribution < -0.4 is 5.11 Å². The maximum Gasteiger partial charge on any atom is 0.327 e. The Kier molecular flexibility index (Phi) is 5.37. The molecular weight excluding hydrogens is 434 g/mol. The largest absolute Gasteiger partial charge is 0.866 e. The van der Waals surface area contributed by atoms with Crippen LogP contribution in [0.15, 0.2) is 58.7 Å². The Labute approximate surface area is 177 Å². The summed E-state index contributed by atoms with van der Waals surface area (Å²) >= 11 is 5.84. The average Bonchev–Trinajstić information content (AvgIpc) is 3.15. The highest BCUT2D eigenvalue weighted by molar-refractivity contribution is 7.89. The third kappa shape index (κ3) is 3.72. The predicted molar refractivity (Wildman–Crippen MR) is 102 cm³/mol. The number of rotatable bonds is 4. The fraction of sp³-hybridized carbons (Fsp3) is 0.235. The van der Waals surface area contributed by atoms with Crippen LogP contribution in [0.5, 0.6) is 0 Å². The third-order valence-corrected chi connectivity index (χ3v) is 6.73. The summed E-state index contributed by atoms with van der Waals surface area (Å²) < 4.78 is 27.0. The fourth-order valence-electron chi connectivity index (χ4n) is 3.04. The number of sulfonamides is 1. The number of aromatic nitrogens is 2. The molecule has 2 aromatic rings. The molecule has 3 heterocycles. The second-order valence-electron chi connectivity index (χ2n) is 6.37. The zero-order chi connectivity index (χ0) is 21.3. The van der Waals surface area contributed by atoms with Gasteiger partial charge in [0.2, 0.25) is 15.3 Å². The Balaban J connectivity index is 1.52. The second-order valence-corrected chi connectivity index (χ2v) is 8.75. The van der Waals surface area contributed by atoms with E-state index in [2.05, 4.69) is 15.2 Å². The van der Waals surface area contributed by atoms with Crippen LogP contribution in [0.3, 0.4) is 0 Å². The standard InChI is InChI=1S/C17H16ClN7O4S/c18-12-1-3-13(4-2-12)30(27,28)24-9-7-23(8-10-24)25-15(17(19)29-22-25)16(26)14-11-20-5-6-21-14/h1-6,11H,7-10H2,(H-,19,22,26). The molecule has 0 radical (unpaired) electrons. The number of hydrogen-bond acceptors (Lipinski definition) is 9. The van der Waals surface area contributed by atoms with Gasteiger partial charge in [0.1, 0.15) is 0 Å². The van der Waals surface area contributed by atoms with E-state index in [1.807, 2.05) is 0 Å². The quantitative estimate of drug-likeness (QED) is 0.528. The molecule has 0 atom stereocenters. The fourth-order valence-corrected chi connectivity index (χ4v) is 4.59. The molecule has 1 N–H and O–H groups in total. The first kappa shape index (κ1) is 20.2. The van der Waals surface area contributed by atoms with E-state index in [0.717, 1.165) is 0 Å². The van der Waals surface area contributed by atoms with Crippen molar-refractivity contribution >= 4 is 33.3 Å². The van der Waals surface area contributed by atoms with Gasteiger partial charge in [-0.15, -0.1) is 0 Å². The average molecular weight is 450 g/mol. The van der Waals surface area contributed by atoms with Gasteiger partial charge in [0.15, 0.2) is 0 Å². The summed E-state index contributed by atoms with van der Waals surface area (Å²) in [6.07, 6.45) is 4.09. The Bertz CT molecular complexity index is 1130. The first-order valence-corrected chi connectivity index (χ1v) is 10.6. The molecule has 11 nitrogen and oxygen atoms in total. The van der Waals surface area contributed by atoms with Gasteiger partial charge in [-0.2, -0.15) is 9.31 Å². The SMILES string of the molecule is N=C1ON=[N+](N2CCN(S(=O)(=O)c3ccc(Cl)cc3)CC2)C1=C([O-])c1cnccn1. The number of hydrazine groups is 1. The van der Waals surface area contributed by atoms with Crippen molar-refractivity contribution in [3.05, 3.63) is 59.3 Å². The van der Waals surface area contributed by atoms with Crippen LogP contribution in [0.25, 0.3) is 5.76 Å². The topological polar surface area (TPSA) is 138 Å². The lowest BCUT2D eigenvalue weighted by Crippen LogP contribution is -2.51. The maximum atomic E-state index is 12.8. The molecule has 0 bridgehead atoms.